The lowest BCUT2D eigenvalue weighted by molar-refractivity contribution is 0.242. The second kappa shape index (κ2) is 10.3. The molecule has 1 unspecified atom stereocenters. The summed E-state index contributed by atoms with van der Waals surface area (Å²) in [5, 5.41) is 11.9. The van der Waals surface area contributed by atoms with Crippen LogP contribution in [0.1, 0.15) is 61.5 Å². The van der Waals surface area contributed by atoms with E-state index >= 15 is 0 Å². The molecule has 6 nitrogen and oxygen atoms in total. The lowest BCUT2D eigenvalue weighted by Crippen LogP contribution is -2.45. The number of aryl methyl sites for hydroxylation is 1. The van der Waals surface area contributed by atoms with Crippen molar-refractivity contribution in [3.8, 4) is 0 Å². The van der Waals surface area contributed by atoms with Crippen molar-refractivity contribution < 1.29 is 0 Å². The molecule has 0 bridgehead atoms. The van der Waals surface area contributed by atoms with Crippen LogP contribution < -0.4 is 10.6 Å². The minimum absolute atomic E-state index is 0.487. The van der Waals surface area contributed by atoms with Crippen molar-refractivity contribution in [2.75, 3.05) is 19.6 Å². The molecule has 2 aromatic rings. The van der Waals surface area contributed by atoms with Gasteiger partial charge in [0.05, 0.1) is 18.8 Å². The lowest BCUT2D eigenvalue weighted by atomic mass is 10.2. The van der Waals surface area contributed by atoms with Gasteiger partial charge in [-0.2, -0.15) is 5.10 Å². The Morgan fingerprint density at radius 1 is 1.13 bits per heavy atom. The number of aliphatic imine (C=N–C) groups is 1. The van der Waals surface area contributed by atoms with E-state index in [1.165, 1.54) is 55.5 Å². The number of aromatic nitrogens is 2. The molecule has 2 N–H and O–H groups in total. The van der Waals surface area contributed by atoms with Crippen molar-refractivity contribution in [1.82, 2.24) is 25.3 Å². The molecule has 31 heavy (non-hydrogen) atoms. The van der Waals surface area contributed by atoms with Crippen molar-refractivity contribution in [2.45, 2.75) is 78.0 Å². The Kier molecular flexibility index (Phi) is 7.28. The first-order valence-corrected chi connectivity index (χ1v) is 12.0. The Bertz CT molecular complexity index is 866. The Morgan fingerprint density at radius 2 is 1.90 bits per heavy atom. The Morgan fingerprint density at radius 3 is 2.65 bits per heavy atom. The molecule has 6 heteroatoms. The highest BCUT2D eigenvalue weighted by Gasteiger charge is 2.30. The van der Waals surface area contributed by atoms with Crippen LogP contribution in [0.3, 0.4) is 0 Å². The largest absolute Gasteiger partial charge is 0.357 e. The van der Waals surface area contributed by atoms with Gasteiger partial charge < -0.3 is 10.6 Å². The maximum Gasteiger partial charge on any atom is 0.191 e. The molecule has 0 radical (unpaired) electrons. The van der Waals surface area contributed by atoms with Gasteiger partial charge in [0.25, 0.3) is 0 Å². The van der Waals surface area contributed by atoms with Gasteiger partial charge in [-0.1, -0.05) is 43.2 Å². The summed E-state index contributed by atoms with van der Waals surface area (Å²) >= 11 is 0. The summed E-state index contributed by atoms with van der Waals surface area (Å²) < 4.78 is 2.10. The zero-order valence-electron chi connectivity index (χ0n) is 19.4. The van der Waals surface area contributed by atoms with Gasteiger partial charge in [-0.05, 0) is 45.6 Å². The van der Waals surface area contributed by atoms with E-state index in [-0.39, 0.29) is 0 Å². The number of hydrogen-bond donors (Lipinski definition) is 2. The molecule has 2 aliphatic rings. The van der Waals surface area contributed by atoms with E-state index in [0.29, 0.717) is 12.6 Å². The third kappa shape index (κ3) is 5.48. The summed E-state index contributed by atoms with van der Waals surface area (Å²) in [6.07, 6.45) is 6.77. The summed E-state index contributed by atoms with van der Waals surface area (Å²) in [6, 6.07) is 11.8. The maximum absolute atomic E-state index is 4.93. The minimum atomic E-state index is 0.487. The average molecular weight is 423 g/mol. The summed E-state index contributed by atoms with van der Waals surface area (Å²) in [5.41, 5.74) is 4.77. The summed E-state index contributed by atoms with van der Waals surface area (Å²) in [4.78, 5) is 7.62. The van der Waals surface area contributed by atoms with Gasteiger partial charge in [-0.3, -0.25) is 9.58 Å². The molecule has 2 heterocycles. The third-order valence-corrected chi connectivity index (χ3v) is 6.85. The first kappa shape index (κ1) is 21.9. The fraction of sp³-hybridized carbons (Fsp3) is 0.600. The molecule has 1 aliphatic heterocycles. The molecule has 168 valence electrons. The maximum atomic E-state index is 4.93. The zero-order chi connectivity index (χ0) is 21.6. The molecule has 1 aromatic carbocycles. The topological polar surface area (TPSA) is 57.5 Å². The molecule has 1 saturated heterocycles. The van der Waals surface area contributed by atoms with Gasteiger partial charge in [0.2, 0.25) is 0 Å². The highest BCUT2D eigenvalue weighted by Crippen LogP contribution is 2.26. The quantitative estimate of drug-likeness (QED) is 0.529. The Labute approximate surface area is 187 Å². The molecule has 0 spiro atoms. The van der Waals surface area contributed by atoms with Crippen LogP contribution in [-0.4, -0.2) is 52.4 Å². The second-order valence-corrected chi connectivity index (χ2v) is 9.05. The van der Waals surface area contributed by atoms with E-state index in [0.717, 1.165) is 37.3 Å². The highest BCUT2D eigenvalue weighted by atomic mass is 15.3. The zero-order valence-corrected chi connectivity index (χ0v) is 19.4. The third-order valence-electron chi connectivity index (χ3n) is 6.85. The van der Waals surface area contributed by atoms with Crippen molar-refractivity contribution in [2.24, 2.45) is 4.99 Å². The number of hydrogen-bond acceptors (Lipinski definition) is 3. The van der Waals surface area contributed by atoms with Gasteiger partial charge in [0, 0.05) is 43.0 Å². The molecule has 1 atom stereocenters. The van der Waals surface area contributed by atoms with Crippen LogP contribution in [0, 0.1) is 13.8 Å². The van der Waals surface area contributed by atoms with Crippen LogP contribution in [-0.2, 0) is 13.1 Å². The van der Waals surface area contributed by atoms with Crippen molar-refractivity contribution in [3.05, 3.63) is 52.8 Å². The van der Waals surface area contributed by atoms with E-state index in [2.05, 4.69) is 71.3 Å². The first-order chi connectivity index (χ1) is 15.1. The first-order valence-electron chi connectivity index (χ1n) is 12.0. The van der Waals surface area contributed by atoms with E-state index in [1.54, 1.807) is 0 Å². The number of nitrogens with zero attached hydrogens (tertiary/aromatic N) is 4. The second-order valence-electron chi connectivity index (χ2n) is 9.05. The number of nitrogens with one attached hydrogen (secondary N) is 2. The molecule has 2 fully saturated rings. The van der Waals surface area contributed by atoms with Crippen LogP contribution in [0.15, 0.2) is 35.3 Å². The predicted molar refractivity (Wildman–Crippen MR) is 127 cm³/mol. The molecule has 1 aromatic heterocycles. The summed E-state index contributed by atoms with van der Waals surface area (Å²) in [6.45, 7) is 11.1. The van der Waals surface area contributed by atoms with Gasteiger partial charge in [-0.15, -0.1) is 0 Å². The average Bonchev–Trinajstić information content (AvgIpc) is 3.50. The normalized spacial score (nSPS) is 20.5. The lowest BCUT2D eigenvalue weighted by Gasteiger charge is -2.24. The molecule has 4 rings (SSSR count). The van der Waals surface area contributed by atoms with Crippen LogP contribution in [0.25, 0.3) is 0 Å². The molecule has 1 saturated carbocycles. The number of benzene rings is 1. The molecular formula is C25H38N6. The van der Waals surface area contributed by atoms with Gasteiger partial charge in [0.15, 0.2) is 5.96 Å². The molecular weight excluding hydrogens is 384 g/mol. The molecule has 1 aliphatic carbocycles. The van der Waals surface area contributed by atoms with Crippen molar-refractivity contribution in [1.29, 1.82) is 0 Å². The van der Waals surface area contributed by atoms with E-state index in [9.17, 15) is 0 Å². The van der Waals surface area contributed by atoms with Gasteiger partial charge in [-0.25, -0.2) is 4.99 Å². The van der Waals surface area contributed by atoms with Gasteiger partial charge >= 0.3 is 0 Å². The van der Waals surface area contributed by atoms with Crippen LogP contribution >= 0.6 is 0 Å². The summed E-state index contributed by atoms with van der Waals surface area (Å²) in [5.74, 6) is 0.926. The van der Waals surface area contributed by atoms with E-state index in [1.807, 2.05) is 0 Å². The van der Waals surface area contributed by atoms with Crippen LogP contribution in [0.5, 0.6) is 0 Å². The smallest absolute Gasteiger partial charge is 0.191 e. The van der Waals surface area contributed by atoms with Gasteiger partial charge in [0.1, 0.15) is 0 Å². The van der Waals surface area contributed by atoms with E-state index in [4.69, 9.17) is 10.1 Å². The number of rotatable bonds is 7. The predicted octanol–water partition coefficient (Wildman–Crippen LogP) is 3.62. The molecule has 0 amide bonds. The Balaban J connectivity index is 1.39. The highest BCUT2D eigenvalue weighted by molar-refractivity contribution is 5.80. The van der Waals surface area contributed by atoms with Crippen molar-refractivity contribution in [3.63, 3.8) is 0 Å². The monoisotopic (exact) mass is 422 g/mol. The number of guanidine groups is 1. The van der Waals surface area contributed by atoms with Crippen LogP contribution in [0.2, 0.25) is 0 Å². The fourth-order valence-corrected chi connectivity index (χ4v) is 5.05. The SMILES string of the molecule is CCNC(=NCc1c(C)nn(Cc2ccccc2)c1C)NC1CCN(C2CCCC2)C1. The van der Waals surface area contributed by atoms with Crippen molar-refractivity contribution >= 4 is 5.96 Å². The standard InChI is InChI=1S/C25H38N6/c1-4-26-25(28-22-14-15-30(18-22)23-12-8-9-13-23)27-16-24-19(2)29-31(20(24)3)17-21-10-6-5-7-11-21/h5-7,10-11,22-23H,4,8-9,12-18H2,1-3H3,(H2,26,27,28). The Hall–Kier alpha value is -2.34. The summed E-state index contributed by atoms with van der Waals surface area (Å²) in [7, 11) is 0. The fourth-order valence-electron chi connectivity index (χ4n) is 5.05. The minimum Gasteiger partial charge on any atom is -0.357 e. The van der Waals surface area contributed by atoms with E-state index < -0.39 is 0 Å². The van der Waals surface area contributed by atoms with Crippen LogP contribution in [0.4, 0.5) is 0 Å². The number of likely N-dealkylation sites (tertiary alicyclic amines) is 1.